The largest absolute Gasteiger partial charge is 0.397 e. The summed E-state index contributed by atoms with van der Waals surface area (Å²) in [6.45, 7) is 13.5. The van der Waals surface area contributed by atoms with E-state index in [1.807, 2.05) is 14.2 Å². The molecule has 3 heteroatoms. The summed E-state index contributed by atoms with van der Waals surface area (Å²) in [7, 11) is 1.52. The van der Waals surface area contributed by atoms with Gasteiger partial charge in [-0.1, -0.05) is 41.5 Å². The molecule has 0 aliphatic carbocycles. The number of rotatable bonds is 6. The Bertz CT molecular complexity index is 184. The van der Waals surface area contributed by atoms with Crippen molar-refractivity contribution >= 4 is 8.56 Å². The van der Waals surface area contributed by atoms with Crippen molar-refractivity contribution in [2.75, 3.05) is 14.2 Å². The van der Waals surface area contributed by atoms with Crippen molar-refractivity contribution in [3.05, 3.63) is 0 Å². The molecule has 0 aliphatic heterocycles. The third-order valence-corrected chi connectivity index (χ3v) is 8.98. The Kier molecular flexibility index (Phi) is 5.51. The lowest BCUT2D eigenvalue weighted by atomic mass is 9.99. The monoisotopic (exact) mass is 232 g/mol. The van der Waals surface area contributed by atoms with Gasteiger partial charge in [-0.15, -0.1) is 0 Å². The lowest BCUT2D eigenvalue weighted by Crippen LogP contribution is -2.52. The van der Waals surface area contributed by atoms with Crippen LogP contribution in [0.4, 0.5) is 0 Å². The smallest absolute Gasteiger partial charge is 0.343 e. The summed E-state index contributed by atoms with van der Waals surface area (Å²) in [5.41, 5.74) is 0. The second kappa shape index (κ2) is 5.46. The van der Waals surface area contributed by atoms with E-state index in [0.29, 0.717) is 11.8 Å². The van der Waals surface area contributed by atoms with Gasteiger partial charge in [0.25, 0.3) is 0 Å². The van der Waals surface area contributed by atoms with E-state index < -0.39 is 8.56 Å². The van der Waals surface area contributed by atoms with E-state index in [9.17, 15) is 0 Å². The molecule has 0 saturated heterocycles. The van der Waals surface area contributed by atoms with Gasteiger partial charge in [0.1, 0.15) is 0 Å². The summed E-state index contributed by atoms with van der Waals surface area (Å²) >= 11 is 0. The molecule has 2 nitrogen and oxygen atoms in total. The highest BCUT2D eigenvalue weighted by Gasteiger charge is 2.52. The molecule has 0 heterocycles. The molecule has 0 N–H and O–H groups in total. The average molecular weight is 232 g/mol. The van der Waals surface area contributed by atoms with Gasteiger partial charge in [-0.05, 0) is 17.9 Å². The molecule has 0 unspecified atom stereocenters. The Morgan fingerprint density at radius 1 is 1.00 bits per heavy atom. The normalized spacial score (nSPS) is 14.0. The van der Waals surface area contributed by atoms with Gasteiger partial charge >= 0.3 is 8.56 Å². The van der Waals surface area contributed by atoms with Crippen LogP contribution in [0.15, 0.2) is 0 Å². The van der Waals surface area contributed by atoms with Crippen LogP contribution in [0, 0.1) is 11.8 Å². The third kappa shape index (κ3) is 3.05. The predicted molar refractivity (Wildman–Crippen MR) is 68.3 cm³/mol. The Labute approximate surface area is 96.6 Å². The minimum atomic E-state index is -2.10. The van der Waals surface area contributed by atoms with Gasteiger partial charge in [0, 0.05) is 19.3 Å². The van der Waals surface area contributed by atoms with Crippen LogP contribution in [0.5, 0.6) is 0 Å². The molecular formula is C12H28O2Si. The highest BCUT2D eigenvalue weighted by molar-refractivity contribution is 6.70. The zero-order valence-electron chi connectivity index (χ0n) is 11.7. The molecule has 0 atom stereocenters. The molecule has 0 saturated carbocycles. The summed E-state index contributed by atoms with van der Waals surface area (Å²) < 4.78 is 11.7. The van der Waals surface area contributed by atoms with Gasteiger partial charge in [-0.25, -0.2) is 0 Å². The Balaban J connectivity index is 5.07. The van der Waals surface area contributed by atoms with E-state index in [1.54, 1.807) is 0 Å². The van der Waals surface area contributed by atoms with Crippen LogP contribution < -0.4 is 0 Å². The molecule has 0 bridgehead atoms. The second-order valence-electron chi connectivity index (χ2n) is 5.64. The molecule has 0 aromatic heterocycles. The molecule has 0 fully saturated rings. The van der Waals surface area contributed by atoms with Crippen molar-refractivity contribution in [3.8, 4) is 0 Å². The van der Waals surface area contributed by atoms with E-state index in [1.165, 1.54) is 0 Å². The van der Waals surface area contributed by atoms with Crippen molar-refractivity contribution in [1.29, 1.82) is 0 Å². The maximum atomic E-state index is 5.84. The predicted octanol–water partition coefficient (Wildman–Crippen LogP) is 3.81. The maximum Gasteiger partial charge on any atom is 0.343 e. The fourth-order valence-electron chi connectivity index (χ4n) is 2.02. The van der Waals surface area contributed by atoms with E-state index in [2.05, 4.69) is 41.5 Å². The lowest BCUT2D eigenvalue weighted by Gasteiger charge is -2.44. The van der Waals surface area contributed by atoms with Gasteiger partial charge in [0.15, 0.2) is 0 Å². The number of hydrogen-bond donors (Lipinski definition) is 0. The minimum absolute atomic E-state index is 0.140. The van der Waals surface area contributed by atoms with Crippen molar-refractivity contribution in [3.63, 3.8) is 0 Å². The summed E-state index contributed by atoms with van der Waals surface area (Å²) in [4.78, 5) is 0. The molecule has 92 valence electrons. The minimum Gasteiger partial charge on any atom is -0.397 e. The SMILES string of the molecule is CO[Si](CC(C)C)(OC)C(C)(C)C(C)C. The fourth-order valence-corrected chi connectivity index (χ4v) is 6.05. The summed E-state index contributed by atoms with van der Waals surface area (Å²) in [6.07, 6.45) is 0. The third-order valence-electron chi connectivity index (χ3n) is 3.76. The standard InChI is InChI=1S/C12H28O2Si/c1-10(2)9-15(13-7,14-8)12(5,6)11(3)4/h10-11H,9H2,1-8H3. The Morgan fingerprint density at radius 3 is 1.60 bits per heavy atom. The first-order valence-electron chi connectivity index (χ1n) is 5.83. The molecule has 0 aromatic rings. The summed E-state index contributed by atoms with van der Waals surface area (Å²) in [5, 5.41) is 0.140. The van der Waals surface area contributed by atoms with E-state index in [-0.39, 0.29) is 5.04 Å². The molecule has 0 spiro atoms. The first-order valence-corrected chi connectivity index (χ1v) is 7.86. The zero-order valence-corrected chi connectivity index (χ0v) is 12.7. The van der Waals surface area contributed by atoms with Crippen LogP contribution >= 0.6 is 0 Å². The summed E-state index contributed by atoms with van der Waals surface area (Å²) in [5.74, 6) is 1.19. The van der Waals surface area contributed by atoms with Crippen LogP contribution in [-0.4, -0.2) is 22.8 Å². The van der Waals surface area contributed by atoms with Crippen LogP contribution in [0.3, 0.4) is 0 Å². The molecule has 0 rings (SSSR count). The highest BCUT2D eigenvalue weighted by atomic mass is 28.4. The molecule has 15 heavy (non-hydrogen) atoms. The topological polar surface area (TPSA) is 18.5 Å². The van der Waals surface area contributed by atoms with Crippen LogP contribution in [0.2, 0.25) is 11.1 Å². The van der Waals surface area contributed by atoms with Gasteiger partial charge in [-0.3, -0.25) is 0 Å². The van der Waals surface area contributed by atoms with Crippen molar-refractivity contribution in [2.45, 2.75) is 52.6 Å². The van der Waals surface area contributed by atoms with E-state index >= 15 is 0 Å². The van der Waals surface area contributed by atoms with E-state index in [4.69, 9.17) is 8.85 Å². The Hall–Kier alpha value is 0.137. The molecule has 0 amide bonds. The van der Waals surface area contributed by atoms with Crippen molar-refractivity contribution in [1.82, 2.24) is 0 Å². The molecular weight excluding hydrogens is 204 g/mol. The maximum absolute atomic E-state index is 5.84. The number of hydrogen-bond acceptors (Lipinski definition) is 2. The zero-order chi connectivity index (χ0) is 12.3. The molecule has 0 radical (unpaired) electrons. The quantitative estimate of drug-likeness (QED) is 0.648. The van der Waals surface area contributed by atoms with Crippen molar-refractivity contribution in [2.24, 2.45) is 11.8 Å². The fraction of sp³-hybridized carbons (Fsp3) is 1.00. The summed E-state index contributed by atoms with van der Waals surface area (Å²) in [6, 6.07) is 1.06. The molecule has 0 aromatic carbocycles. The van der Waals surface area contributed by atoms with Gasteiger partial charge in [0.05, 0.1) is 0 Å². The van der Waals surface area contributed by atoms with E-state index in [0.717, 1.165) is 6.04 Å². The van der Waals surface area contributed by atoms with Crippen LogP contribution in [0.25, 0.3) is 0 Å². The first kappa shape index (κ1) is 15.1. The lowest BCUT2D eigenvalue weighted by molar-refractivity contribution is 0.187. The second-order valence-corrected chi connectivity index (χ2v) is 9.65. The van der Waals surface area contributed by atoms with Crippen LogP contribution in [0.1, 0.15) is 41.5 Å². The van der Waals surface area contributed by atoms with Crippen LogP contribution in [-0.2, 0) is 8.85 Å². The molecule has 0 aliphatic rings. The average Bonchev–Trinajstić information content (AvgIpc) is 2.13. The van der Waals surface area contributed by atoms with Gasteiger partial charge in [-0.2, -0.15) is 0 Å². The Morgan fingerprint density at radius 2 is 1.40 bits per heavy atom. The van der Waals surface area contributed by atoms with Gasteiger partial charge in [0.2, 0.25) is 0 Å². The highest BCUT2D eigenvalue weighted by Crippen LogP contribution is 2.47. The van der Waals surface area contributed by atoms with Crippen molar-refractivity contribution < 1.29 is 8.85 Å². The first-order chi connectivity index (χ1) is 6.73. The van der Waals surface area contributed by atoms with Gasteiger partial charge < -0.3 is 8.85 Å².